The molecule has 0 bridgehead atoms. The Labute approximate surface area is 182 Å². The Kier molecular flexibility index (Phi) is 4.42. The lowest BCUT2D eigenvalue weighted by Crippen LogP contribution is -2.29. The Morgan fingerprint density at radius 1 is 0.900 bits per heavy atom. The number of rotatable bonds is 2. The number of amides is 1. The molecule has 4 nitrogen and oxygen atoms in total. The molecular weight excluding hydrogens is 421 g/mol. The molecule has 1 atom stereocenters. The molecule has 1 aliphatic rings. The fourth-order valence-electron chi connectivity index (χ4n) is 3.98. The van der Waals surface area contributed by atoms with Crippen LogP contribution in [-0.4, -0.2) is 5.91 Å². The van der Waals surface area contributed by atoms with Gasteiger partial charge in [0, 0.05) is 15.7 Å². The maximum atomic E-state index is 13.5. The average Bonchev–Trinajstić information content (AvgIpc) is 3.01. The molecule has 5 rings (SSSR count). The molecule has 0 radical (unpaired) electrons. The van der Waals surface area contributed by atoms with Crippen LogP contribution in [0.5, 0.6) is 0 Å². The zero-order valence-corrected chi connectivity index (χ0v) is 17.4. The van der Waals surface area contributed by atoms with E-state index in [0.29, 0.717) is 32.3 Å². The summed E-state index contributed by atoms with van der Waals surface area (Å²) in [7, 11) is 0. The summed E-state index contributed by atoms with van der Waals surface area (Å²) in [6.45, 7) is 1.95. The van der Waals surface area contributed by atoms with Gasteiger partial charge in [0.25, 0.3) is 5.91 Å². The van der Waals surface area contributed by atoms with Gasteiger partial charge < -0.3 is 4.42 Å². The van der Waals surface area contributed by atoms with Crippen LogP contribution in [-0.2, 0) is 0 Å². The van der Waals surface area contributed by atoms with Crippen LogP contribution < -0.4 is 10.3 Å². The maximum Gasteiger partial charge on any atom is 0.295 e. The fourth-order valence-corrected chi connectivity index (χ4v) is 4.35. The number of halogens is 2. The molecule has 0 spiro atoms. The molecule has 0 N–H and O–H groups in total. The largest absolute Gasteiger partial charge is 0.450 e. The molecule has 2 heterocycles. The molecule has 1 aromatic heterocycles. The zero-order chi connectivity index (χ0) is 21.0. The van der Waals surface area contributed by atoms with Crippen molar-refractivity contribution in [3.05, 3.63) is 109 Å². The first-order valence-corrected chi connectivity index (χ1v) is 10.1. The summed E-state index contributed by atoms with van der Waals surface area (Å²) in [5, 5.41) is 1.28. The number of anilines is 1. The van der Waals surface area contributed by atoms with Gasteiger partial charge in [-0.1, -0.05) is 47.5 Å². The molecule has 1 unspecified atom stereocenters. The van der Waals surface area contributed by atoms with Gasteiger partial charge in [0.05, 0.1) is 17.0 Å². The van der Waals surface area contributed by atoms with Crippen molar-refractivity contribution in [3.63, 3.8) is 0 Å². The van der Waals surface area contributed by atoms with Gasteiger partial charge in [-0.05, 0) is 60.5 Å². The molecule has 0 fully saturated rings. The lowest BCUT2D eigenvalue weighted by atomic mass is 9.98. The van der Waals surface area contributed by atoms with E-state index in [1.54, 1.807) is 41.3 Å². The van der Waals surface area contributed by atoms with Gasteiger partial charge in [0.15, 0.2) is 5.43 Å². The minimum atomic E-state index is -0.660. The van der Waals surface area contributed by atoms with Crippen molar-refractivity contribution < 1.29 is 9.21 Å². The molecular formula is C24H15Cl2NO3. The molecule has 3 aromatic carbocycles. The lowest BCUT2D eigenvalue weighted by molar-refractivity contribution is 0.0971. The Hall–Kier alpha value is -3.08. The molecule has 4 aromatic rings. The quantitative estimate of drug-likeness (QED) is 0.378. The van der Waals surface area contributed by atoms with Crippen molar-refractivity contribution >= 4 is 45.8 Å². The first-order chi connectivity index (χ1) is 14.4. The minimum absolute atomic E-state index is 0.0429. The highest BCUT2D eigenvalue weighted by molar-refractivity contribution is 6.31. The fraction of sp³-hybridized carbons (Fsp3) is 0.0833. The number of hydrogen-bond acceptors (Lipinski definition) is 3. The van der Waals surface area contributed by atoms with Gasteiger partial charge in [-0.3, -0.25) is 14.5 Å². The maximum absolute atomic E-state index is 13.5. The Bertz CT molecular complexity index is 1390. The molecule has 1 amide bonds. The summed E-state index contributed by atoms with van der Waals surface area (Å²) in [5.74, 6) is -0.323. The van der Waals surface area contributed by atoms with Crippen molar-refractivity contribution in [2.75, 3.05) is 4.90 Å². The summed E-state index contributed by atoms with van der Waals surface area (Å²) in [4.78, 5) is 28.6. The second-order valence-corrected chi connectivity index (χ2v) is 8.16. The van der Waals surface area contributed by atoms with Gasteiger partial charge >= 0.3 is 0 Å². The summed E-state index contributed by atoms with van der Waals surface area (Å²) < 4.78 is 5.93. The highest BCUT2D eigenvalue weighted by Crippen LogP contribution is 2.42. The van der Waals surface area contributed by atoms with Crippen molar-refractivity contribution in [1.82, 2.24) is 0 Å². The van der Waals surface area contributed by atoms with Crippen LogP contribution >= 0.6 is 23.2 Å². The zero-order valence-electron chi connectivity index (χ0n) is 15.9. The Balaban J connectivity index is 1.84. The van der Waals surface area contributed by atoms with E-state index in [4.69, 9.17) is 27.6 Å². The number of fused-ring (bicyclic) bond motifs is 2. The van der Waals surface area contributed by atoms with Crippen LogP contribution in [0.3, 0.4) is 0 Å². The van der Waals surface area contributed by atoms with Crippen LogP contribution in [0, 0.1) is 6.92 Å². The monoisotopic (exact) mass is 435 g/mol. The van der Waals surface area contributed by atoms with E-state index in [1.807, 2.05) is 37.3 Å². The van der Waals surface area contributed by atoms with E-state index >= 15 is 0 Å². The number of carbonyl (C=O) groups excluding carboxylic acids is 1. The molecule has 30 heavy (non-hydrogen) atoms. The minimum Gasteiger partial charge on any atom is -0.450 e. The van der Waals surface area contributed by atoms with Gasteiger partial charge in [-0.2, -0.15) is 0 Å². The number of carbonyl (C=O) groups is 1. The second kappa shape index (κ2) is 7.01. The average molecular weight is 436 g/mol. The molecule has 148 valence electrons. The highest BCUT2D eigenvalue weighted by atomic mass is 35.5. The van der Waals surface area contributed by atoms with E-state index < -0.39 is 6.04 Å². The molecule has 0 saturated carbocycles. The molecule has 0 saturated heterocycles. The van der Waals surface area contributed by atoms with Gasteiger partial charge in [0.2, 0.25) is 5.76 Å². The van der Waals surface area contributed by atoms with Gasteiger partial charge in [0.1, 0.15) is 5.58 Å². The van der Waals surface area contributed by atoms with E-state index in [0.717, 1.165) is 11.1 Å². The number of hydrogen-bond donors (Lipinski definition) is 0. The van der Waals surface area contributed by atoms with Gasteiger partial charge in [-0.25, -0.2) is 0 Å². The Morgan fingerprint density at radius 3 is 2.43 bits per heavy atom. The third-order valence-electron chi connectivity index (χ3n) is 5.28. The topological polar surface area (TPSA) is 50.5 Å². The first-order valence-electron chi connectivity index (χ1n) is 9.36. The Morgan fingerprint density at radius 2 is 1.67 bits per heavy atom. The van der Waals surface area contributed by atoms with Crippen LogP contribution in [0.1, 0.15) is 33.3 Å². The van der Waals surface area contributed by atoms with Crippen LogP contribution in [0.2, 0.25) is 10.0 Å². The summed E-state index contributed by atoms with van der Waals surface area (Å²) in [6.07, 6.45) is 0. The van der Waals surface area contributed by atoms with Crippen molar-refractivity contribution in [3.8, 4) is 0 Å². The lowest BCUT2D eigenvalue weighted by Gasteiger charge is -2.25. The van der Waals surface area contributed by atoms with Crippen molar-refractivity contribution in [2.45, 2.75) is 13.0 Å². The SMILES string of the molecule is Cc1cccc(N2C(=O)c3oc4ccc(Cl)cc4c(=O)c3C2c2cccc(Cl)c2)c1. The van der Waals surface area contributed by atoms with Crippen molar-refractivity contribution in [1.29, 1.82) is 0 Å². The normalized spacial score (nSPS) is 15.6. The predicted octanol–water partition coefficient (Wildman–Crippen LogP) is 6.16. The van der Waals surface area contributed by atoms with E-state index in [2.05, 4.69) is 0 Å². The summed E-state index contributed by atoms with van der Waals surface area (Å²) >= 11 is 12.3. The molecule has 0 aliphatic carbocycles. The summed E-state index contributed by atoms with van der Waals surface area (Å²) in [6, 6.07) is 18.9. The van der Waals surface area contributed by atoms with Crippen LogP contribution in [0.25, 0.3) is 11.0 Å². The highest BCUT2D eigenvalue weighted by Gasteiger charge is 2.43. The van der Waals surface area contributed by atoms with E-state index in [1.165, 1.54) is 0 Å². The number of benzene rings is 3. The van der Waals surface area contributed by atoms with Crippen molar-refractivity contribution in [2.24, 2.45) is 0 Å². The smallest absolute Gasteiger partial charge is 0.295 e. The standard InChI is InChI=1S/C24H15Cl2NO3/c1-13-4-2-7-17(10-13)27-21(14-5-3-6-15(25)11-14)20-22(28)18-12-16(26)8-9-19(18)30-23(20)24(27)29/h2-12,21H,1H3. The second-order valence-electron chi connectivity index (χ2n) is 7.29. The summed E-state index contributed by atoms with van der Waals surface area (Å²) in [5.41, 5.74) is 2.74. The predicted molar refractivity (Wildman–Crippen MR) is 119 cm³/mol. The number of aryl methyl sites for hydroxylation is 1. The first kappa shape index (κ1) is 18.9. The number of nitrogens with zero attached hydrogens (tertiary/aromatic N) is 1. The third kappa shape index (κ3) is 2.92. The van der Waals surface area contributed by atoms with Gasteiger partial charge in [-0.15, -0.1) is 0 Å². The molecule has 6 heteroatoms. The van der Waals surface area contributed by atoms with E-state index in [-0.39, 0.29) is 17.1 Å². The van der Waals surface area contributed by atoms with Crippen LogP contribution in [0.15, 0.2) is 75.9 Å². The third-order valence-corrected chi connectivity index (χ3v) is 5.75. The molecule has 1 aliphatic heterocycles. The van der Waals surface area contributed by atoms with Crippen LogP contribution in [0.4, 0.5) is 5.69 Å². The van der Waals surface area contributed by atoms with E-state index in [9.17, 15) is 9.59 Å².